The topological polar surface area (TPSA) is 54.3 Å². The maximum Gasteiger partial charge on any atom is 0.239 e. The zero-order valence-electron chi connectivity index (χ0n) is 10.8. The number of para-hydroxylation sites is 1. The maximum absolute atomic E-state index is 11.9. The third kappa shape index (κ3) is 2.63. The molecule has 1 fully saturated rings. The highest BCUT2D eigenvalue weighted by Gasteiger charge is 2.21. The molecule has 0 unspecified atom stereocenters. The number of carbonyl (C=O) groups excluding carboxylic acids is 1. The van der Waals surface area contributed by atoms with Crippen molar-refractivity contribution < 1.29 is 9.90 Å². The predicted molar refractivity (Wildman–Crippen MR) is 73.6 cm³/mol. The average Bonchev–Trinajstić information content (AvgIpc) is 3.18. The first kappa shape index (κ1) is 12.2. The smallest absolute Gasteiger partial charge is 0.239 e. The van der Waals surface area contributed by atoms with Gasteiger partial charge in [-0.25, -0.2) is 0 Å². The number of fused-ring (bicyclic) bond motifs is 1. The molecule has 1 saturated carbocycles. The molecule has 0 atom stereocenters. The lowest BCUT2D eigenvalue weighted by molar-refractivity contribution is -0.121. The second-order valence-electron chi connectivity index (χ2n) is 5.20. The number of aliphatic hydroxyl groups excluding tert-OH is 1. The number of aromatic nitrogens is 1. The van der Waals surface area contributed by atoms with E-state index < -0.39 is 0 Å². The molecule has 0 spiro atoms. The van der Waals surface area contributed by atoms with Gasteiger partial charge in [0.2, 0.25) is 5.91 Å². The number of rotatable bonds is 5. The van der Waals surface area contributed by atoms with E-state index in [9.17, 15) is 9.90 Å². The van der Waals surface area contributed by atoms with E-state index in [0.29, 0.717) is 12.5 Å². The van der Waals surface area contributed by atoms with E-state index in [2.05, 4.69) is 5.32 Å². The van der Waals surface area contributed by atoms with Crippen LogP contribution in [0.25, 0.3) is 10.9 Å². The maximum atomic E-state index is 11.9. The minimum absolute atomic E-state index is 0.00888. The summed E-state index contributed by atoms with van der Waals surface area (Å²) in [5, 5.41) is 13.4. The van der Waals surface area contributed by atoms with E-state index in [1.807, 2.05) is 35.0 Å². The van der Waals surface area contributed by atoms with Crippen LogP contribution in [0, 0.1) is 5.92 Å². The van der Waals surface area contributed by atoms with E-state index in [1.165, 1.54) is 12.8 Å². The van der Waals surface area contributed by atoms with Crippen molar-refractivity contribution in [3.05, 3.63) is 36.0 Å². The first-order valence-electron chi connectivity index (χ1n) is 6.72. The summed E-state index contributed by atoms with van der Waals surface area (Å²) in [5.41, 5.74) is 1.81. The van der Waals surface area contributed by atoms with Gasteiger partial charge in [-0.05, 0) is 30.2 Å². The summed E-state index contributed by atoms with van der Waals surface area (Å²) in [6.07, 6.45) is 4.38. The third-order valence-electron chi connectivity index (χ3n) is 3.64. The first-order chi connectivity index (χ1) is 9.28. The minimum Gasteiger partial charge on any atom is -0.392 e. The van der Waals surface area contributed by atoms with E-state index >= 15 is 0 Å². The minimum atomic E-state index is -0.00888. The molecule has 1 heterocycles. The van der Waals surface area contributed by atoms with Gasteiger partial charge in [0, 0.05) is 18.3 Å². The van der Waals surface area contributed by atoms with Gasteiger partial charge in [-0.2, -0.15) is 0 Å². The Bertz CT molecular complexity index is 599. The number of nitrogens with zero attached hydrogens (tertiary/aromatic N) is 1. The van der Waals surface area contributed by atoms with Crippen LogP contribution in [-0.4, -0.2) is 22.1 Å². The summed E-state index contributed by atoms with van der Waals surface area (Å²) in [5.74, 6) is 0.732. The lowest BCUT2D eigenvalue weighted by Crippen LogP contribution is -2.29. The molecule has 4 nitrogen and oxygen atoms in total. The Balaban J connectivity index is 1.77. The number of aliphatic hydroxyl groups is 1. The zero-order valence-corrected chi connectivity index (χ0v) is 10.8. The molecule has 1 aromatic carbocycles. The molecular formula is C15H18N2O2. The Labute approximate surface area is 112 Å². The van der Waals surface area contributed by atoms with E-state index in [4.69, 9.17) is 0 Å². The summed E-state index contributed by atoms with van der Waals surface area (Å²) in [6, 6.07) is 7.78. The third-order valence-corrected chi connectivity index (χ3v) is 3.64. The molecule has 0 saturated heterocycles. The Morgan fingerprint density at radius 1 is 1.37 bits per heavy atom. The van der Waals surface area contributed by atoms with Gasteiger partial charge in [0.05, 0.1) is 12.1 Å². The molecule has 3 rings (SSSR count). The van der Waals surface area contributed by atoms with Crippen molar-refractivity contribution in [2.45, 2.75) is 26.0 Å². The van der Waals surface area contributed by atoms with Gasteiger partial charge in [-0.1, -0.05) is 18.2 Å². The molecule has 1 aromatic heterocycles. The largest absolute Gasteiger partial charge is 0.392 e. The molecule has 0 radical (unpaired) electrons. The van der Waals surface area contributed by atoms with Gasteiger partial charge < -0.3 is 15.0 Å². The monoisotopic (exact) mass is 258 g/mol. The van der Waals surface area contributed by atoms with Gasteiger partial charge in [0.25, 0.3) is 0 Å². The van der Waals surface area contributed by atoms with Crippen LogP contribution in [0.3, 0.4) is 0 Å². The molecular weight excluding hydrogens is 240 g/mol. The highest BCUT2D eigenvalue weighted by molar-refractivity contribution is 5.85. The van der Waals surface area contributed by atoms with Crippen molar-refractivity contribution in [1.82, 2.24) is 9.88 Å². The summed E-state index contributed by atoms with van der Waals surface area (Å²) < 4.78 is 1.91. The van der Waals surface area contributed by atoms with Crippen molar-refractivity contribution in [1.29, 1.82) is 0 Å². The quantitative estimate of drug-likeness (QED) is 0.857. The van der Waals surface area contributed by atoms with Crippen molar-refractivity contribution in [2.24, 2.45) is 5.92 Å². The molecule has 1 amide bonds. The van der Waals surface area contributed by atoms with Gasteiger partial charge in [0.1, 0.15) is 6.54 Å². The van der Waals surface area contributed by atoms with Crippen LogP contribution in [0.15, 0.2) is 30.5 Å². The first-order valence-corrected chi connectivity index (χ1v) is 6.72. The normalized spacial score (nSPS) is 14.8. The summed E-state index contributed by atoms with van der Waals surface area (Å²) >= 11 is 0. The standard InChI is InChI=1S/C15H18N2O2/c18-10-13-3-1-2-12-6-7-17(15(12)13)9-14(19)16-8-11-4-5-11/h1-3,6-7,11,18H,4-5,8-10H2,(H,16,19). The zero-order chi connectivity index (χ0) is 13.2. The van der Waals surface area contributed by atoms with Crippen molar-refractivity contribution in [3.63, 3.8) is 0 Å². The number of nitrogens with one attached hydrogen (secondary N) is 1. The lowest BCUT2D eigenvalue weighted by atomic mass is 10.1. The predicted octanol–water partition coefficient (Wildman–Crippen LogP) is 1.66. The molecule has 0 bridgehead atoms. The van der Waals surface area contributed by atoms with Crippen LogP contribution in [0.5, 0.6) is 0 Å². The molecule has 1 aliphatic rings. The summed E-state index contributed by atoms with van der Waals surface area (Å²) in [6.45, 7) is 1.10. The Hall–Kier alpha value is -1.81. The van der Waals surface area contributed by atoms with Crippen LogP contribution < -0.4 is 5.32 Å². The molecule has 0 aliphatic heterocycles. The molecule has 100 valence electrons. The second kappa shape index (κ2) is 5.05. The highest BCUT2D eigenvalue weighted by Crippen LogP contribution is 2.27. The van der Waals surface area contributed by atoms with Crippen LogP contribution in [0.2, 0.25) is 0 Å². The van der Waals surface area contributed by atoms with Gasteiger partial charge in [-0.15, -0.1) is 0 Å². The molecule has 1 aliphatic carbocycles. The molecule has 2 N–H and O–H groups in total. The fourth-order valence-corrected chi connectivity index (χ4v) is 2.39. The van der Waals surface area contributed by atoms with Crippen LogP contribution in [0.4, 0.5) is 0 Å². The number of benzene rings is 1. The molecule has 2 aromatic rings. The fourth-order valence-electron chi connectivity index (χ4n) is 2.39. The van der Waals surface area contributed by atoms with E-state index in [0.717, 1.165) is 23.0 Å². The van der Waals surface area contributed by atoms with Crippen molar-refractivity contribution in [3.8, 4) is 0 Å². The van der Waals surface area contributed by atoms with Gasteiger partial charge >= 0.3 is 0 Å². The highest BCUT2D eigenvalue weighted by atomic mass is 16.3. The lowest BCUT2D eigenvalue weighted by Gasteiger charge is -2.09. The molecule has 4 heteroatoms. The number of carbonyl (C=O) groups is 1. The van der Waals surface area contributed by atoms with Gasteiger partial charge in [0.15, 0.2) is 0 Å². The SMILES string of the molecule is O=C(Cn1ccc2cccc(CO)c21)NCC1CC1. The fraction of sp³-hybridized carbons (Fsp3) is 0.400. The van der Waals surface area contributed by atoms with Crippen molar-refractivity contribution >= 4 is 16.8 Å². The second-order valence-corrected chi connectivity index (χ2v) is 5.20. The Morgan fingerprint density at radius 2 is 2.21 bits per heavy atom. The van der Waals surface area contributed by atoms with Crippen LogP contribution >= 0.6 is 0 Å². The van der Waals surface area contributed by atoms with Gasteiger partial charge in [-0.3, -0.25) is 4.79 Å². The van der Waals surface area contributed by atoms with E-state index in [1.54, 1.807) is 0 Å². The average molecular weight is 258 g/mol. The summed E-state index contributed by atoms with van der Waals surface area (Å²) in [4.78, 5) is 11.9. The summed E-state index contributed by atoms with van der Waals surface area (Å²) in [7, 11) is 0. The van der Waals surface area contributed by atoms with Crippen molar-refractivity contribution in [2.75, 3.05) is 6.54 Å². The van der Waals surface area contributed by atoms with Crippen LogP contribution in [-0.2, 0) is 17.9 Å². The number of hydrogen-bond acceptors (Lipinski definition) is 2. The van der Waals surface area contributed by atoms with E-state index in [-0.39, 0.29) is 12.5 Å². The molecule has 19 heavy (non-hydrogen) atoms. The Morgan fingerprint density at radius 3 is 2.95 bits per heavy atom. The Kier molecular flexibility index (Phi) is 3.25. The number of hydrogen-bond donors (Lipinski definition) is 2. The number of amides is 1. The van der Waals surface area contributed by atoms with Crippen LogP contribution in [0.1, 0.15) is 18.4 Å².